The molecule has 1 aliphatic heterocycles. The quantitative estimate of drug-likeness (QED) is 0.871. The highest BCUT2D eigenvalue weighted by atomic mass is 79.9. The van der Waals surface area contributed by atoms with Crippen LogP contribution < -0.4 is 5.73 Å². The van der Waals surface area contributed by atoms with Gasteiger partial charge in [-0.05, 0) is 52.5 Å². The van der Waals surface area contributed by atoms with Gasteiger partial charge < -0.3 is 10.6 Å². The Morgan fingerprint density at radius 1 is 1.58 bits per heavy atom. The van der Waals surface area contributed by atoms with Gasteiger partial charge in [0.25, 0.3) is 5.91 Å². The highest BCUT2D eigenvalue weighted by molar-refractivity contribution is 9.10. The first-order chi connectivity index (χ1) is 8.45. The van der Waals surface area contributed by atoms with Crippen LogP contribution in [0, 0.1) is 5.41 Å². The molecule has 1 fully saturated rings. The molecular weight excluding hydrogens is 351 g/mol. The van der Waals surface area contributed by atoms with Gasteiger partial charge >= 0.3 is 0 Å². The summed E-state index contributed by atoms with van der Waals surface area (Å²) < 4.78 is 0.800. The highest BCUT2D eigenvalue weighted by Crippen LogP contribution is 2.30. The van der Waals surface area contributed by atoms with Crippen molar-refractivity contribution in [2.45, 2.75) is 13.3 Å². The fourth-order valence-electron chi connectivity index (χ4n) is 2.18. The van der Waals surface area contributed by atoms with Crippen molar-refractivity contribution in [1.29, 1.82) is 0 Å². The number of hydrogen-bond donors (Lipinski definition) is 1. The molecule has 19 heavy (non-hydrogen) atoms. The van der Waals surface area contributed by atoms with Crippen molar-refractivity contribution < 1.29 is 4.79 Å². The van der Waals surface area contributed by atoms with Crippen molar-refractivity contribution >= 4 is 45.8 Å². The summed E-state index contributed by atoms with van der Waals surface area (Å²) in [6.07, 6.45) is 0.958. The van der Waals surface area contributed by atoms with Crippen LogP contribution in [0.3, 0.4) is 0 Å². The molecule has 0 bridgehead atoms. The van der Waals surface area contributed by atoms with Gasteiger partial charge in [0.05, 0.1) is 5.02 Å². The first-order valence-corrected chi connectivity index (χ1v) is 7.07. The zero-order valence-electron chi connectivity index (χ0n) is 10.7. The van der Waals surface area contributed by atoms with Crippen LogP contribution in [-0.4, -0.2) is 30.4 Å². The van der Waals surface area contributed by atoms with Crippen LogP contribution in [-0.2, 0) is 0 Å². The van der Waals surface area contributed by atoms with Gasteiger partial charge in [-0.15, -0.1) is 12.4 Å². The van der Waals surface area contributed by atoms with E-state index in [1.165, 1.54) is 0 Å². The molecule has 0 radical (unpaired) electrons. The van der Waals surface area contributed by atoms with Crippen LogP contribution >= 0.6 is 39.9 Å². The number of amides is 1. The van der Waals surface area contributed by atoms with Crippen LogP contribution in [0.1, 0.15) is 23.7 Å². The normalized spacial score (nSPS) is 22.2. The third-order valence-electron chi connectivity index (χ3n) is 3.50. The largest absolute Gasteiger partial charge is 0.338 e. The Labute approximate surface area is 133 Å². The number of nitrogens with two attached hydrogens (primary N) is 1. The lowest BCUT2D eigenvalue weighted by molar-refractivity contribution is 0.0777. The molecule has 1 aromatic carbocycles. The molecule has 106 valence electrons. The van der Waals surface area contributed by atoms with E-state index in [1.54, 1.807) is 18.2 Å². The minimum Gasteiger partial charge on any atom is -0.338 e. The topological polar surface area (TPSA) is 46.3 Å². The van der Waals surface area contributed by atoms with Crippen LogP contribution in [0.5, 0.6) is 0 Å². The van der Waals surface area contributed by atoms with E-state index in [4.69, 9.17) is 17.3 Å². The van der Waals surface area contributed by atoms with E-state index in [-0.39, 0.29) is 23.7 Å². The van der Waals surface area contributed by atoms with E-state index in [9.17, 15) is 4.79 Å². The average molecular weight is 368 g/mol. The van der Waals surface area contributed by atoms with Gasteiger partial charge in [0, 0.05) is 23.1 Å². The first kappa shape index (κ1) is 16.8. The number of halogens is 3. The summed E-state index contributed by atoms with van der Waals surface area (Å²) in [4.78, 5) is 14.2. The minimum atomic E-state index is 0. The number of carbonyl (C=O) groups is 1. The van der Waals surface area contributed by atoms with Crippen molar-refractivity contribution in [1.82, 2.24) is 4.90 Å². The van der Waals surface area contributed by atoms with Gasteiger partial charge in [-0.2, -0.15) is 0 Å². The summed E-state index contributed by atoms with van der Waals surface area (Å²) in [7, 11) is 0. The summed E-state index contributed by atoms with van der Waals surface area (Å²) in [6, 6.07) is 5.29. The standard InChI is InChI=1S/C13H16BrClN2O.ClH/c1-13(7-16)4-5-17(8-13)12(18)9-2-3-10(14)11(15)6-9;/h2-3,6H,4-5,7-8,16H2,1H3;1H. The van der Waals surface area contributed by atoms with E-state index < -0.39 is 0 Å². The Hall–Kier alpha value is -0.290. The Morgan fingerprint density at radius 2 is 2.26 bits per heavy atom. The van der Waals surface area contributed by atoms with Crippen LogP contribution in [0.2, 0.25) is 5.02 Å². The summed E-state index contributed by atoms with van der Waals surface area (Å²) >= 11 is 9.33. The van der Waals surface area contributed by atoms with E-state index in [1.807, 2.05) is 4.90 Å². The van der Waals surface area contributed by atoms with Crippen molar-refractivity contribution in [3.8, 4) is 0 Å². The molecule has 2 N–H and O–H groups in total. The minimum absolute atomic E-state index is 0. The zero-order valence-corrected chi connectivity index (χ0v) is 13.8. The lowest BCUT2D eigenvalue weighted by atomic mass is 9.90. The summed E-state index contributed by atoms with van der Waals surface area (Å²) in [5, 5.41) is 0.557. The fourth-order valence-corrected chi connectivity index (χ4v) is 2.60. The van der Waals surface area contributed by atoms with Crippen molar-refractivity contribution in [2.24, 2.45) is 11.1 Å². The van der Waals surface area contributed by atoms with E-state index >= 15 is 0 Å². The number of rotatable bonds is 2. The summed E-state index contributed by atoms with van der Waals surface area (Å²) in [6.45, 7) is 4.21. The predicted octanol–water partition coefficient (Wildman–Crippen LogP) is 3.34. The zero-order chi connectivity index (χ0) is 13.3. The molecule has 1 saturated heterocycles. The molecule has 1 heterocycles. The predicted molar refractivity (Wildman–Crippen MR) is 84.1 cm³/mol. The maximum Gasteiger partial charge on any atom is 0.253 e. The number of likely N-dealkylation sites (tertiary alicyclic amines) is 1. The van der Waals surface area contributed by atoms with Crippen molar-refractivity contribution in [3.63, 3.8) is 0 Å². The molecule has 0 aliphatic carbocycles. The van der Waals surface area contributed by atoms with Crippen LogP contribution in [0.15, 0.2) is 22.7 Å². The number of nitrogens with zero attached hydrogens (tertiary/aromatic N) is 1. The van der Waals surface area contributed by atoms with E-state index in [0.29, 0.717) is 17.1 Å². The van der Waals surface area contributed by atoms with Gasteiger partial charge in [-0.1, -0.05) is 18.5 Å². The molecule has 1 unspecified atom stereocenters. The van der Waals surface area contributed by atoms with E-state index in [0.717, 1.165) is 24.0 Å². The molecule has 1 amide bonds. The van der Waals surface area contributed by atoms with Crippen molar-refractivity contribution in [2.75, 3.05) is 19.6 Å². The van der Waals surface area contributed by atoms with Gasteiger partial charge in [0.2, 0.25) is 0 Å². The maximum atomic E-state index is 12.3. The Balaban J connectivity index is 0.00000180. The smallest absolute Gasteiger partial charge is 0.253 e. The number of hydrogen-bond acceptors (Lipinski definition) is 2. The van der Waals surface area contributed by atoms with Crippen LogP contribution in [0.25, 0.3) is 0 Å². The number of carbonyl (C=O) groups excluding carboxylic acids is 1. The molecule has 0 saturated carbocycles. The molecule has 2 rings (SSSR count). The molecule has 1 atom stereocenters. The molecule has 0 spiro atoms. The molecule has 3 nitrogen and oxygen atoms in total. The Kier molecular flexibility index (Phi) is 5.68. The SMILES string of the molecule is CC1(CN)CCN(C(=O)c2ccc(Br)c(Cl)c2)C1.Cl. The summed E-state index contributed by atoms with van der Waals surface area (Å²) in [5.74, 6) is 0.0292. The Morgan fingerprint density at radius 3 is 2.79 bits per heavy atom. The second kappa shape index (κ2) is 6.44. The van der Waals surface area contributed by atoms with Gasteiger partial charge in [-0.25, -0.2) is 0 Å². The molecule has 0 aromatic heterocycles. The number of benzene rings is 1. The molecule has 1 aliphatic rings. The summed E-state index contributed by atoms with van der Waals surface area (Å²) in [5.41, 5.74) is 6.43. The first-order valence-electron chi connectivity index (χ1n) is 5.90. The maximum absolute atomic E-state index is 12.3. The molecule has 1 aromatic rings. The third kappa shape index (κ3) is 3.63. The van der Waals surface area contributed by atoms with Crippen molar-refractivity contribution in [3.05, 3.63) is 33.3 Å². The van der Waals surface area contributed by atoms with Gasteiger partial charge in [0.1, 0.15) is 0 Å². The van der Waals surface area contributed by atoms with Crippen LogP contribution in [0.4, 0.5) is 0 Å². The lowest BCUT2D eigenvalue weighted by Crippen LogP contribution is -2.34. The average Bonchev–Trinajstić information content (AvgIpc) is 2.75. The highest BCUT2D eigenvalue weighted by Gasteiger charge is 2.35. The fraction of sp³-hybridized carbons (Fsp3) is 0.462. The second-order valence-electron chi connectivity index (χ2n) is 5.12. The molecule has 6 heteroatoms. The lowest BCUT2D eigenvalue weighted by Gasteiger charge is -2.22. The monoisotopic (exact) mass is 366 g/mol. The van der Waals surface area contributed by atoms with Gasteiger partial charge in [-0.3, -0.25) is 4.79 Å². The second-order valence-corrected chi connectivity index (χ2v) is 6.38. The molecular formula is C13H17BrCl2N2O. The Bertz CT molecular complexity index is 484. The third-order valence-corrected chi connectivity index (χ3v) is 4.74. The van der Waals surface area contributed by atoms with E-state index in [2.05, 4.69) is 22.9 Å². The van der Waals surface area contributed by atoms with Gasteiger partial charge in [0.15, 0.2) is 0 Å².